The number of ether oxygens (including phenoxy) is 7. The molecule has 3 aromatic carbocycles. The van der Waals surface area contributed by atoms with E-state index in [-0.39, 0.29) is 46.6 Å². The Hall–Kier alpha value is -5.44. The number of carbonyl (C=O) groups is 4. The van der Waals surface area contributed by atoms with Gasteiger partial charge >= 0.3 is 24.0 Å². The summed E-state index contributed by atoms with van der Waals surface area (Å²) in [4.78, 5) is 55.1. The Labute approximate surface area is 303 Å². The van der Waals surface area contributed by atoms with E-state index >= 15 is 0 Å². The van der Waals surface area contributed by atoms with E-state index in [0.717, 1.165) is 5.56 Å². The maximum Gasteiger partial charge on any atom is 0.408 e. The Morgan fingerprint density at radius 2 is 1.69 bits per heavy atom. The van der Waals surface area contributed by atoms with Crippen molar-refractivity contribution < 1.29 is 56.5 Å². The van der Waals surface area contributed by atoms with Gasteiger partial charge in [-0.2, -0.15) is 0 Å². The van der Waals surface area contributed by atoms with Gasteiger partial charge in [0.25, 0.3) is 0 Å². The maximum absolute atomic E-state index is 14.3. The van der Waals surface area contributed by atoms with E-state index in [1.807, 2.05) is 30.3 Å². The van der Waals surface area contributed by atoms with Crippen molar-refractivity contribution in [1.29, 1.82) is 0 Å². The van der Waals surface area contributed by atoms with Gasteiger partial charge in [-0.1, -0.05) is 30.3 Å². The second-order valence-corrected chi connectivity index (χ2v) is 14.3. The van der Waals surface area contributed by atoms with Gasteiger partial charge in [0.05, 0.1) is 30.8 Å². The zero-order chi connectivity index (χ0) is 37.6. The minimum Gasteiger partial charge on any atom is -0.497 e. The number of hydrogen-bond acceptors (Lipinski definition) is 13. The molecule has 5 atom stereocenters. The van der Waals surface area contributed by atoms with Gasteiger partial charge in [-0.25, -0.2) is 19.4 Å². The molecule has 1 amide bonds. The van der Waals surface area contributed by atoms with E-state index < -0.39 is 64.7 Å². The summed E-state index contributed by atoms with van der Waals surface area (Å²) in [5, 5.41) is 2.50. The second kappa shape index (κ2) is 16.3. The topological polar surface area (TPSA) is 174 Å². The van der Waals surface area contributed by atoms with E-state index in [1.165, 1.54) is 33.3 Å². The first kappa shape index (κ1) is 37.8. The van der Waals surface area contributed by atoms with Crippen molar-refractivity contribution in [1.82, 2.24) is 5.32 Å². The predicted molar refractivity (Wildman–Crippen MR) is 187 cm³/mol. The molecule has 0 radical (unpaired) electrons. The predicted octanol–water partition coefficient (Wildman–Crippen LogP) is 4.58. The molecule has 2 heterocycles. The van der Waals surface area contributed by atoms with E-state index in [1.54, 1.807) is 45.0 Å². The molecule has 14 nitrogen and oxygen atoms in total. The zero-order valence-corrected chi connectivity index (χ0v) is 30.4. The molecule has 2 aliphatic rings. The number of rotatable bonds is 12. The number of nitrogens with one attached hydrogen (secondary N) is 1. The Bertz CT molecular complexity index is 1860. The molecule has 276 valence electrons. The first-order valence-electron chi connectivity index (χ1n) is 16.3. The summed E-state index contributed by atoms with van der Waals surface area (Å²) in [5.74, 6) is -1.51. The van der Waals surface area contributed by atoms with E-state index in [9.17, 15) is 23.4 Å². The van der Waals surface area contributed by atoms with Crippen molar-refractivity contribution >= 4 is 40.7 Å². The highest BCUT2D eigenvalue weighted by atomic mass is 32.2. The third-order valence-electron chi connectivity index (χ3n) is 7.77. The molecule has 0 saturated carbocycles. The van der Waals surface area contributed by atoms with Crippen molar-refractivity contribution in [3.8, 4) is 17.2 Å². The molecule has 0 unspecified atom stereocenters. The minimum atomic E-state index is -1.97. The first-order chi connectivity index (χ1) is 24.7. The number of carbonyl (C=O) groups excluding carboxylic acids is 4. The number of methoxy groups -OCH3 is 2. The summed E-state index contributed by atoms with van der Waals surface area (Å²) in [6.45, 7) is 6.36. The number of nitrogens with zero attached hydrogens (tertiary/aromatic N) is 1. The molecule has 5 rings (SSSR count). The smallest absolute Gasteiger partial charge is 0.408 e. The molecule has 1 saturated heterocycles. The van der Waals surface area contributed by atoms with Crippen molar-refractivity contribution in [3.63, 3.8) is 0 Å². The molecule has 1 N–H and O–H groups in total. The van der Waals surface area contributed by atoms with Crippen molar-refractivity contribution in [2.24, 2.45) is 4.99 Å². The van der Waals surface area contributed by atoms with Crippen LogP contribution < -0.4 is 19.5 Å². The molecule has 15 heteroatoms. The van der Waals surface area contributed by atoms with Crippen LogP contribution in [0.25, 0.3) is 0 Å². The van der Waals surface area contributed by atoms with Crippen LogP contribution in [0.2, 0.25) is 0 Å². The molecule has 0 bridgehead atoms. The highest BCUT2D eigenvalue weighted by molar-refractivity contribution is 7.85. The van der Waals surface area contributed by atoms with Crippen LogP contribution >= 0.6 is 0 Å². The highest BCUT2D eigenvalue weighted by Gasteiger charge is 2.43. The summed E-state index contributed by atoms with van der Waals surface area (Å²) >= 11 is 0. The Kier molecular flexibility index (Phi) is 11.8. The number of esters is 3. The van der Waals surface area contributed by atoms with Gasteiger partial charge in [-0.15, -0.1) is 0 Å². The number of amides is 1. The lowest BCUT2D eigenvalue weighted by molar-refractivity contribution is -0.144. The maximum atomic E-state index is 14.3. The Morgan fingerprint density at radius 3 is 2.33 bits per heavy atom. The molecule has 0 spiro atoms. The van der Waals surface area contributed by atoms with Crippen LogP contribution in [-0.4, -0.2) is 77.9 Å². The Morgan fingerprint density at radius 1 is 0.981 bits per heavy atom. The van der Waals surface area contributed by atoms with Gasteiger partial charge in [0.1, 0.15) is 30.1 Å². The van der Waals surface area contributed by atoms with Gasteiger partial charge in [0.2, 0.25) is 5.90 Å². The van der Waals surface area contributed by atoms with Crippen LogP contribution in [0.1, 0.15) is 56.9 Å². The third kappa shape index (κ3) is 9.46. The van der Waals surface area contributed by atoms with Crippen molar-refractivity contribution in [2.75, 3.05) is 20.0 Å². The highest BCUT2D eigenvalue weighted by Crippen LogP contribution is 2.42. The fourth-order valence-electron chi connectivity index (χ4n) is 5.46. The average Bonchev–Trinajstić information content (AvgIpc) is 3.69. The number of benzene rings is 3. The van der Waals surface area contributed by atoms with Gasteiger partial charge in [0, 0.05) is 35.4 Å². The van der Waals surface area contributed by atoms with E-state index in [0.29, 0.717) is 11.3 Å². The number of cyclic esters (lactones) is 1. The first-order valence-corrected chi connectivity index (χ1v) is 17.6. The summed E-state index contributed by atoms with van der Waals surface area (Å²) < 4.78 is 53.4. The second-order valence-electron chi connectivity index (χ2n) is 12.9. The van der Waals surface area contributed by atoms with Crippen LogP contribution in [0.4, 0.5) is 4.79 Å². The number of aliphatic imine (C=N–C) groups is 1. The lowest BCUT2D eigenvalue weighted by Crippen LogP contribution is -2.41. The summed E-state index contributed by atoms with van der Waals surface area (Å²) in [7, 11) is 0.778. The summed E-state index contributed by atoms with van der Waals surface area (Å²) in [6.07, 6.45) is -2.82. The van der Waals surface area contributed by atoms with Crippen LogP contribution in [0.15, 0.2) is 76.6 Å². The SMILES string of the molecule is COC(=O)[C@H]1N=C(c2ccc(OC)cc2)O[C@@H]1c1cc(OCc2ccccc2)c(OC(C)=O)cc1[S@](=O)C[C@@H]1C[C@H](NC(=O)OC(C)(C)C)C(=O)O1. The summed E-state index contributed by atoms with van der Waals surface area (Å²) in [6, 6.07) is 16.7. The van der Waals surface area contributed by atoms with Gasteiger partial charge in [-0.05, 0) is 56.7 Å². The molecular weight excluding hydrogens is 696 g/mol. The van der Waals surface area contributed by atoms with Crippen molar-refractivity contribution in [2.45, 2.75) is 75.5 Å². The fraction of sp³-hybridized carbons (Fsp3) is 0.378. The average molecular weight is 737 g/mol. The molecule has 52 heavy (non-hydrogen) atoms. The van der Waals surface area contributed by atoms with E-state index in [2.05, 4.69) is 10.3 Å². The quantitative estimate of drug-likeness (QED) is 0.156. The number of alkyl carbamates (subject to hydrolysis) is 1. The zero-order valence-electron chi connectivity index (χ0n) is 29.5. The molecule has 3 aromatic rings. The molecule has 2 aliphatic heterocycles. The van der Waals surface area contributed by atoms with Crippen LogP contribution in [0.3, 0.4) is 0 Å². The van der Waals surface area contributed by atoms with Crippen molar-refractivity contribution in [3.05, 3.63) is 83.4 Å². The largest absolute Gasteiger partial charge is 0.497 e. The van der Waals surface area contributed by atoms with Gasteiger partial charge in [-0.3, -0.25) is 9.00 Å². The standard InChI is InChI=1S/C37H40N2O12S/c1-21(40)48-29-18-30(52(44)20-25-16-27(34(41)49-25)38-36(43)51-37(2,3)4)26(17-28(29)47-19-22-10-8-7-9-11-22)32-31(35(42)46-6)39-33(50-32)23-12-14-24(45-5)15-13-23/h7-15,17-18,25,27,31-32H,16,19-20H2,1-6H3,(H,38,43)/t25-,27-,31-,32+,52+/m0/s1. The third-order valence-corrected chi connectivity index (χ3v) is 9.29. The summed E-state index contributed by atoms with van der Waals surface area (Å²) in [5.41, 5.74) is 0.797. The normalized spacial score (nSPS) is 20.1. The minimum absolute atomic E-state index is 0.0175. The lowest BCUT2D eigenvalue weighted by atomic mass is 10.0. The molecule has 0 aliphatic carbocycles. The van der Waals surface area contributed by atoms with Crippen LogP contribution in [-0.2, 0) is 50.7 Å². The Balaban J connectivity index is 1.51. The van der Waals surface area contributed by atoms with E-state index in [4.69, 9.17) is 33.2 Å². The van der Waals surface area contributed by atoms with Crippen LogP contribution in [0, 0.1) is 0 Å². The molecule has 0 aromatic heterocycles. The van der Waals surface area contributed by atoms with Gasteiger partial charge in [0.15, 0.2) is 23.6 Å². The lowest BCUT2D eigenvalue weighted by Gasteiger charge is -2.22. The number of hydrogen-bond donors (Lipinski definition) is 1. The monoisotopic (exact) mass is 736 g/mol. The fourth-order valence-corrected chi connectivity index (χ4v) is 6.85. The van der Waals surface area contributed by atoms with Crippen LogP contribution in [0.5, 0.6) is 17.2 Å². The molecular formula is C37H40N2O12S. The molecule has 1 fully saturated rings. The van der Waals surface area contributed by atoms with Gasteiger partial charge < -0.3 is 38.5 Å².